The fourth-order valence-electron chi connectivity index (χ4n) is 2.36. The van der Waals surface area contributed by atoms with Crippen LogP contribution >= 0.6 is 0 Å². The Kier molecular flexibility index (Phi) is 6.41. The van der Waals surface area contributed by atoms with Crippen molar-refractivity contribution in [1.29, 1.82) is 0 Å². The van der Waals surface area contributed by atoms with E-state index in [2.05, 4.69) is 10.6 Å². The van der Waals surface area contributed by atoms with Crippen LogP contribution in [-0.4, -0.2) is 19.2 Å². The summed E-state index contributed by atoms with van der Waals surface area (Å²) in [5, 5.41) is 5.29. The molecule has 3 rings (SSSR count). The van der Waals surface area contributed by atoms with Gasteiger partial charge in [0, 0.05) is 6.07 Å². The Morgan fingerprint density at radius 2 is 1.64 bits per heavy atom. The van der Waals surface area contributed by atoms with E-state index in [-0.39, 0.29) is 18.9 Å². The summed E-state index contributed by atoms with van der Waals surface area (Å²) >= 11 is 0. The predicted octanol–water partition coefficient (Wildman–Crippen LogP) is 4.96. The second-order valence-electron chi connectivity index (χ2n) is 5.72. The molecular weight excluding hydrogens is 366 g/mol. The molecule has 0 radical (unpaired) electrons. The first kappa shape index (κ1) is 19.2. The minimum Gasteiger partial charge on any atom is -0.489 e. The van der Waals surface area contributed by atoms with Crippen LogP contribution < -0.4 is 20.1 Å². The number of carbonyl (C=O) groups excluding carboxylic acids is 1. The molecule has 0 saturated heterocycles. The van der Waals surface area contributed by atoms with Crippen LogP contribution in [0.2, 0.25) is 0 Å². The molecule has 2 N–H and O–H groups in total. The van der Waals surface area contributed by atoms with Crippen molar-refractivity contribution in [2.24, 2.45) is 0 Å². The molecular formula is C21H18F2N2O3. The van der Waals surface area contributed by atoms with Crippen LogP contribution in [0.15, 0.2) is 72.8 Å². The quantitative estimate of drug-likeness (QED) is 0.566. The number of hydrogen-bond donors (Lipinski definition) is 2. The van der Waals surface area contributed by atoms with Crippen molar-refractivity contribution < 1.29 is 23.0 Å². The largest absolute Gasteiger partial charge is 0.489 e. The predicted molar refractivity (Wildman–Crippen MR) is 102 cm³/mol. The van der Waals surface area contributed by atoms with E-state index in [0.717, 1.165) is 12.1 Å². The smallest absolute Gasteiger partial charge is 0.319 e. The Labute approximate surface area is 160 Å². The molecule has 3 aromatic rings. The van der Waals surface area contributed by atoms with Crippen molar-refractivity contribution >= 4 is 11.7 Å². The average Bonchev–Trinajstić information content (AvgIpc) is 2.69. The summed E-state index contributed by atoms with van der Waals surface area (Å²) in [6, 6.07) is 18.8. The average molecular weight is 384 g/mol. The molecule has 7 heteroatoms. The first-order valence-electron chi connectivity index (χ1n) is 8.56. The van der Waals surface area contributed by atoms with Crippen molar-refractivity contribution in [3.63, 3.8) is 0 Å². The van der Waals surface area contributed by atoms with Crippen molar-refractivity contribution in [2.45, 2.75) is 0 Å². The van der Waals surface area contributed by atoms with Gasteiger partial charge in [-0.1, -0.05) is 30.3 Å². The zero-order valence-corrected chi connectivity index (χ0v) is 14.8. The van der Waals surface area contributed by atoms with Gasteiger partial charge in [-0.3, -0.25) is 0 Å². The van der Waals surface area contributed by atoms with Gasteiger partial charge in [-0.05, 0) is 36.4 Å². The highest BCUT2D eigenvalue weighted by Crippen LogP contribution is 2.28. The number of urea groups is 1. The van der Waals surface area contributed by atoms with Gasteiger partial charge in [0.2, 0.25) is 0 Å². The van der Waals surface area contributed by atoms with E-state index in [1.807, 2.05) is 30.3 Å². The summed E-state index contributed by atoms with van der Waals surface area (Å²) in [6.07, 6.45) is 0. The first-order valence-corrected chi connectivity index (χ1v) is 8.56. The molecule has 3 aromatic carbocycles. The number of benzene rings is 3. The van der Waals surface area contributed by atoms with E-state index >= 15 is 0 Å². The molecule has 0 unspecified atom stereocenters. The van der Waals surface area contributed by atoms with Crippen LogP contribution in [0.4, 0.5) is 19.3 Å². The fraction of sp³-hybridized carbons (Fsp3) is 0.0952. The van der Waals surface area contributed by atoms with E-state index in [1.165, 1.54) is 6.07 Å². The molecule has 0 saturated carbocycles. The molecule has 28 heavy (non-hydrogen) atoms. The minimum atomic E-state index is -0.795. The maximum absolute atomic E-state index is 13.5. The van der Waals surface area contributed by atoms with Gasteiger partial charge < -0.3 is 20.1 Å². The zero-order chi connectivity index (χ0) is 19.8. The first-order chi connectivity index (χ1) is 13.6. The van der Waals surface area contributed by atoms with Crippen molar-refractivity contribution in [1.82, 2.24) is 5.32 Å². The molecule has 0 aliphatic heterocycles. The molecule has 0 fully saturated rings. The molecule has 0 aromatic heterocycles. The number of ether oxygens (including phenoxy) is 2. The van der Waals surface area contributed by atoms with Gasteiger partial charge in [0.15, 0.2) is 17.3 Å². The van der Waals surface area contributed by atoms with E-state index in [4.69, 9.17) is 9.47 Å². The standard InChI is InChI=1S/C21H18F2N2O3/c22-15-10-11-19(17(23)14-15)27-13-12-24-21(26)25-18-8-4-5-9-20(18)28-16-6-2-1-3-7-16/h1-11,14H,12-13H2,(H2,24,25,26). The maximum Gasteiger partial charge on any atom is 0.319 e. The van der Waals surface area contributed by atoms with E-state index < -0.39 is 17.7 Å². The van der Waals surface area contributed by atoms with Crippen LogP contribution in [0.3, 0.4) is 0 Å². The molecule has 0 spiro atoms. The van der Waals surface area contributed by atoms with Gasteiger partial charge >= 0.3 is 6.03 Å². The monoisotopic (exact) mass is 384 g/mol. The fourth-order valence-corrected chi connectivity index (χ4v) is 2.36. The van der Waals surface area contributed by atoms with Crippen LogP contribution in [-0.2, 0) is 0 Å². The highest BCUT2D eigenvalue weighted by Gasteiger charge is 2.09. The van der Waals surface area contributed by atoms with E-state index in [9.17, 15) is 13.6 Å². The zero-order valence-electron chi connectivity index (χ0n) is 14.8. The normalized spacial score (nSPS) is 10.2. The summed E-state index contributed by atoms with van der Waals surface area (Å²) in [5.74, 6) is -0.416. The summed E-state index contributed by atoms with van der Waals surface area (Å²) in [4.78, 5) is 12.1. The number of nitrogens with one attached hydrogen (secondary N) is 2. The SMILES string of the molecule is O=C(NCCOc1ccc(F)cc1F)Nc1ccccc1Oc1ccccc1. The number of carbonyl (C=O) groups is 1. The Morgan fingerprint density at radius 1 is 0.893 bits per heavy atom. The highest BCUT2D eigenvalue weighted by atomic mass is 19.1. The second kappa shape index (κ2) is 9.36. The van der Waals surface area contributed by atoms with Gasteiger partial charge in [0.05, 0.1) is 12.2 Å². The topological polar surface area (TPSA) is 59.6 Å². The van der Waals surface area contributed by atoms with Crippen LogP contribution in [0.25, 0.3) is 0 Å². The van der Waals surface area contributed by atoms with Crippen molar-refractivity contribution in [3.05, 3.63) is 84.4 Å². The summed E-state index contributed by atoms with van der Waals surface area (Å²) in [5.41, 5.74) is 0.495. The van der Waals surface area contributed by atoms with E-state index in [1.54, 1.807) is 24.3 Å². The number of halogens is 2. The van der Waals surface area contributed by atoms with Gasteiger partial charge in [0.25, 0.3) is 0 Å². The summed E-state index contributed by atoms with van der Waals surface area (Å²) < 4.78 is 37.3. The summed E-state index contributed by atoms with van der Waals surface area (Å²) in [6.45, 7) is 0.155. The van der Waals surface area contributed by atoms with Crippen LogP contribution in [0, 0.1) is 11.6 Å². The van der Waals surface area contributed by atoms with Crippen molar-refractivity contribution in [2.75, 3.05) is 18.5 Å². The molecule has 0 heterocycles. The number of hydrogen-bond acceptors (Lipinski definition) is 3. The summed E-state index contributed by atoms with van der Waals surface area (Å²) in [7, 11) is 0. The molecule has 5 nitrogen and oxygen atoms in total. The number of anilines is 1. The lowest BCUT2D eigenvalue weighted by Crippen LogP contribution is -2.32. The van der Waals surface area contributed by atoms with Gasteiger partial charge in [-0.25, -0.2) is 13.6 Å². The minimum absolute atomic E-state index is 0.0259. The van der Waals surface area contributed by atoms with Crippen LogP contribution in [0.5, 0.6) is 17.2 Å². The molecule has 2 amide bonds. The van der Waals surface area contributed by atoms with Gasteiger partial charge in [-0.15, -0.1) is 0 Å². The number of para-hydroxylation sites is 3. The third kappa shape index (κ3) is 5.44. The Hall–Kier alpha value is -3.61. The molecule has 0 bridgehead atoms. The maximum atomic E-state index is 13.5. The molecule has 0 atom stereocenters. The third-order valence-corrected chi connectivity index (χ3v) is 3.65. The lowest BCUT2D eigenvalue weighted by atomic mass is 10.3. The number of amides is 2. The van der Waals surface area contributed by atoms with Gasteiger partial charge in [-0.2, -0.15) is 0 Å². The Morgan fingerprint density at radius 3 is 2.43 bits per heavy atom. The van der Waals surface area contributed by atoms with Crippen LogP contribution in [0.1, 0.15) is 0 Å². The Balaban J connectivity index is 1.50. The number of rotatable bonds is 7. The van der Waals surface area contributed by atoms with E-state index in [0.29, 0.717) is 17.2 Å². The lowest BCUT2D eigenvalue weighted by Gasteiger charge is -2.13. The third-order valence-electron chi connectivity index (χ3n) is 3.65. The Bertz CT molecular complexity index is 936. The second-order valence-corrected chi connectivity index (χ2v) is 5.72. The van der Waals surface area contributed by atoms with Crippen molar-refractivity contribution in [3.8, 4) is 17.2 Å². The molecule has 0 aliphatic rings. The lowest BCUT2D eigenvalue weighted by molar-refractivity contribution is 0.246. The molecule has 144 valence electrons. The highest BCUT2D eigenvalue weighted by molar-refractivity contribution is 5.90. The van der Waals surface area contributed by atoms with Gasteiger partial charge in [0.1, 0.15) is 18.2 Å². The molecule has 0 aliphatic carbocycles.